The van der Waals surface area contributed by atoms with Crippen molar-refractivity contribution in [2.24, 2.45) is 5.73 Å². The zero-order valence-corrected chi connectivity index (χ0v) is 17.4. The van der Waals surface area contributed by atoms with E-state index in [0.29, 0.717) is 12.2 Å². The maximum atomic E-state index is 13.2. The molecule has 4 aromatic rings. The van der Waals surface area contributed by atoms with Crippen LogP contribution in [-0.2, 0) is 17.9 Å². The first-order chi connectivity index (χ1) is 15.0. The number of nitrogens with zero attached hydrogens (tertiary/aromatic N) is 3. The molecule has 0 aliphatic heterocycles. The molecule has 0 amide bonds. The van der Waals surface area contributed by atoms with Gasteiger partial charge >= 0.3 is 0 Å². The first-order valence-electron chi connectivity index (χ1n) is 10.1. The third-order valence-electron chi connectivity index (χ3n) is 4.82. The second-order valence-electron chi connectivity index (χ2n) is 7.04. The van der Waals surface area contributed by atoms with Crippen molar-refractivity contribution in [2.75, 3.05) is 13.2 Å². The van der Waals surface area contributed by atoms with Gasteiger partial charge in [0.05, 0.1) is 17.6 Å². The van der Waals surface area contributed by atoms with Crippen molar-refractivity contribution in [1.29, 1.82) is 0 Å². The van der Waals surface area contributed by atoms with Crippen LogP contribution in [0.3, 0.4) is 0 Å². The molecule has 0 atom stereocenters. The van der Waals surface area contributed by atoms with Crippen LogP contribution in [0.15, 0.2) is 59.5 Å². The Morgan fingerprint density at radius 1 is 1.06 bits per heavy atom. The lowest BCUT2D eigenvalue weighted by molar-refractivity contribution is -0.134. The summed E-state index contributed by atoms with van der Waals surface area (Å²) in [5.41, 5.74) is 9.23. The maximum Gasteiger partial charge on any atom is 0.300 e. The molecule has 0 aliphatic rings. The summed E-state index contributed by atoms with van der Waals surface area (Å²) in [5.74, 6) is -0.833. The van der Waals surface area contributed by atoms with E-state index in [2.05, 4.69) is 9.55 Å². The minimum Gasteiger partial charge on any atom is -0.481 e. The molecule has 0 fully saturated rings. The summed E-state index contributed by atoms with van der Waals surface area (Å²) >= 11 is 0. The second kappa shape index (κ2) is 10.0. The number of hydrogen-bond acceptors (Lipinski definition) is 5. The normalized spacial score (nSPS) is 10.8. The van der Waals surface area contributed by atoms with E-state index in [1.165, 1.54) is 0 Å². The Kier molecular flexibility index (Phi) is 7.17. The number of aryl methyl sites for hydroxylation is 1. The average molecular weight is 422 g/mol. The molecule has 0 radical (unpaired) electrons. The minimum absolute atomic E-state index is 0.106. The number of nitrogens with two attached hydrogens (primary N) is 1. The van der Waals surface area contributed by atoms with Crippen LogP contribution in [-0.4, -0.2) is 43.5 Å². The first-order valence-corrected chi connectivity index (χ1v) is 10.1. The van der Waals surface area contributed by atoms with Crippen LogP contribution >= 0.6 is 0 Å². The Morgan fingerprint density at radius 3 is 2.39 bits per heavy atom. The van der Waals surface area contributed by atoms with Gasteiger partial charge in [-0.2, -0.15) is 0 Å². The number of carboxylic acids is 1. The Morgan fingerprint density at radius 2 is 1.71 bits per heavy atom. The van der Waals surface area contributed by atoms with Gasteiger partial charge in [-0.15, -0.1) is 0 Å². The summed E-state index contributed by atoms with van der Waals surface area (Å²) in [5, 5.41) is 17.8. The molecule has 2 heterocycles. The Labute approximate surface area is 179 Å². The summed E-state index contributed by atoms with van der Waals surface area (Å²) in [4.78, 5) is 26.9. The fourth-order valence-corrected chi connectivity index (χ4v) is 3.57. The van der Waals surface area contributed by atoms with Gasteiger partial charge in [-0.1, -0.05) is 30.3 Å². The van der Waals surface area contributed by atoms with Gasteiger partial charge in [-0.3, -0.25) is 9.59 Å². The molecule has 4 N–H and O–H groups in total. The second-order valence-corrected chi connectivity index (χ2v) is 7.04. The van der Waals surface area contributed by atoms with Gasteiger partial charge in [0.25, 0.3) is 11.5 Å². The topological polar surface area (TPSA) is 123 Å². The number of aliphatic carboxylic acids is 1. The van der Waals surface area contributed by atoms with Crippen molar-refractivity contribution in [3.63, 3.8) is 0 Å². The number of hydrogen-bond donors (Lipinski definition) is 3. The minimum atomic E-state index is -0.833. The fraction of sp³-hybridized carbons (Fsp3) is 0.261. The zero-order chi connectivity index (χ0) is 22.4. The third kappa shape index (κ3) is 4.82. The van der Waals surface area contributed by atoms with Crippen molar-refractivity contribution in [3.05, 3.63) is 65.1 Å². The number of para-hydroxylation sites is 3. The highest BCUT2D eigenvalue weighted by Crippen LogP contribution is 2.29. The van der Waals surface area contributed by atoms with Gasteiger partial charge in [-0.05, 0) is 31.2 Å². The molecule has 0 saturated heterocycles. The van der Waals surface area contributed by atoms with Gasteiger partial charge in [0.1, 0.15) is 5.69 Å². The number of carbonyl (C=O) groups is 1. The number of carboxylic acid groups (broad SMARTS) is 1. The number of fused-ring (bicyclic) bond motifs is 2. The van der Waals surface area contributed by atoms with E-state index in [1.807, 2.05) is 54.7 Å². The van der Waals surface area contributed by atoms with Crippen molar-refractivity contribution >= 4 is 27.9 Å². The van der Waals surface area contributed by atoms with E-state index >= 15 is 0 Å². The van der Waals surface area contributed by atoms with E-state index in [0.717, 1.165) is 47.4 Å². The number of aliphatic hydroxyl groups excluding tert-OH is 1. The highest BCUT2D eigenvalue weighted by Gasteiger charge is 2.17. The lowest BCUT2D eigenvalue weighted by atomic mass is 10.1. The fourth-order valence-electron chi connectivity index (χ4n) is 3.57. The van der Waals surface area contributed by atoms with Gasteiger partial charge < -0.3 is 25.1 Å². The van der Waals surface area contributed by atoms with Gasteiger partial charge in [0.15, 0.2) is 0 Å². The molecule has 2 aromatic carbocycles. The largest absolute Gasteiger partial charge is 0.481 e. The van der Waals surface area contributed by atoms with Gasteiger partial charge in [0, 0.05) is 42.7 Å². The first kappa shape index (κ1) is 22.2. The van der Waals surface area contributed by atoms with Crippen LogP contribution in [0.5, 0.6) is 0 Å². The number of rotatable bonds is 6. The van der Waals surface area contributed by atoms with Crippen LogP contribution in [0.1, 0.15) is 13.3 Å². The monoisotopic (exact) mass is 422 g/mol. The SMILES string of the molecule is CC(=O)O.NCCCn1cc(-c2nc3ccccc3n(CCO)c2=O)c2ccccc21. The van der Waals surface area contributed by atoms with Gasteiger partial charge in [-0.25, -0.2) is 4.98 Å². The standard InChI is InChI=1S/C21H22N4O2.C2H4O2/c22-10-5-11-24-14-16(15-6-1-3-8-18(15)24)20-21(27)25(12-13-26)19-9-4-2-7-17(19)23-20;1-2(3)4/h1-4,6-9,14,26H,5,10-13,22H2;1H3,(H,3,4). The highest BCUT2D eigenvalue weighted by molar-refractivity contribution is 5.95. The highest BCUT2D eigenvalue weighted by atomic mass is 16.4. The molecule has 8 heteroatoms. The Balaban J connectivity index is 0.000000628. The van der Waals surface area contributed by atoms with Crippen molar-refractivity contribution in [2.45, 2.75) is 26.4 Å². The maximum absolute atomic E-state index is 13.2. The van der Waals surface area contributed by atoms with E-state index in [4.69, 9.17) is 15.6 Å². The predicted octanol–water partition coefficient (Wildman–Crippen LogP) is 2.45. The Hall–Kier alpha value is -3.49. The summed E-state index contributed by atoms with van der Waals surface area (Å²) in [7, 11) is 0. The molecular formula is C23H26N4O4. The molecular weight excluding hydrogens is 396 g/mol. The van der Waals surface area contributed by atoms with E-state index in [9.17, 15) is 9.90 Å². The van der Waals surface area contributed by atoms with E-state index < -0.39 is 5.97 Å². The molecule has 2 aromatic heterocycles. The molecule has 162 valence electrons. The number of aromatic nitrogens is 3. The molecule has 4 rings (SSSR count). The molecule has 0 saturated carbocycles. The molecule has 0 unspecified atom stereocenters. The van der Waals surface area contributed by atoms with Crippen molar-refractivity contribution < 1.29 is 15.0 Å². The van der Waals surface area contributed by atoms with E-state index in [1.54, 1.807) is 4.57 Å². The van der Waals surface area contributed by atoms with Crippen molar-refractivity contribution in [3.8, 4) is 11.3 Å². The van der Waals surface area contributed by atoms with Gasteiger partial charge in [0.2, 0.25) is 0 Å². The van der Waals surface area contributed by atoms with Crippen LogP contribution in [0.4, 0.5) is 0 Å². The quantitative estimate of drug-likeness (QED) is 0.439. The summed E-state index contributed by atoms with van der Waals surface area (Å²) in [6, 6.07) is 15.5. The smallest absolute Gasteiger partial charge is 0.300 e. The summed E-state index contributed by atoms with van der Waals surface area (Å²) < 4.78 is 3.73. The van der Waals surface area contributed by atoms with Crippen LogP contribution in [0, 0.1) is 0 Å². The third-order valence-corrected chi connectivity index (χ3v) is 4.82. The number of aliphatic hydroxyl groups is 1. The van der Waals surface area contributed by atoms with Crippen LogP contribution in [0.2, 0.25) is 0 Å². The van der Waals surface area contributed by atoms with E-state index in [-0.39, 0.29) is 18.7 Å². The van der Waals surface area contributed by atoms with Crippen LogP contribution in [0.25, 0.3) is 33.2 Å². The summed E-state index contributed by atoms with van der Waals surface area (Å²) in [6.07, 6.45) is 2.85. The lowest BCUT2D eigenvalue weighted by Gasteiger charge is -2.10. The Bertz CT molecular complexity index is 1260. The molecule has 8 nitrogen and oxygen atoms in total. The van der Waals surface area contributed by atoms with Crippen LogP contribution < -0.4 is 11.3 Å². The van der Waals surface area contributed by atoms with Crippen molar-refractivity contribution in [1.82, 2.24) is 14.1 Å². The zero-order valence-electron chi connectivity index (χ0n) is 17.4. The lowest BCUT2D eigenvalue weighted by Crippen LogP contribution is -2.25. The average Bonchev–Trinajstić information content (AvgIpc) is 3.12. The molecule has 0 bridgehead atoms. The number of benzene rings is 2. The predicted molar refractivity (Wildman–Crippen MR) is 121 cm³/mol. The molecule has 31 heavy (non-hydrogen) atoms. The summed E-state index contributed by atoms with van der Waals surface area (Å²) in [6.45, 7) is 2.61. The molecule has 0 spiro atoms. The molecule has 0 aliphatic carbocycles.